The number of fused-ring (bicyclic) bond motifs is 4. The van der Waals surface area contributed by atoms with Gasteiger partial charge in [-0.05, 0) is 76.3 Å². The highest BCUT2D eigenvalue weighted by Crippen LogP contribution is 2.41. The number of carbonyl (C=O) groups excluding carboxylic acids is 2. The molecule has 36 heavy (non-hydrogen) atoms. The molecule has 0 aromatic heterocycles. The van der Waals surface area contributed by atoms with E-state index in [1.807, 2.05) is 24.3 Å². The molecule has 1 aliphatic rings. The summed E-state index contributed by atoms with van der Waals surface area (Å²) in [5.41, 5.74) is 2.96. The van der Waals surface area contributed by atoms with Gasteiger partial charge in [-0.15, -0.1) is 0 Å². The van der Waals surface area contributed by atoms with Gasteiger partial charge in [0.15, 0.2) is 6.10 Å². The fraction of sp³-hybridized carbons (Fsp3) is 0.125. The van der Waals surface area contributed by atoms with E-state index in [9.17, 15) is 9.59 Å². The molecule has 0 radical (unpaired) electrons. The molecule has 4 heteroatoms. The second-order valence-corrected chi connectivity index (χ2v) is 9.10. The van der Waals surface area contributed by atoms with Crippen LogP contribution < -0.4 is 0 Å². The van der Waals surface area contributed by atoms with Crippen molar-refractivity contribution in [1.29, 1.82) is 0 Å². The van der Waals surface area contributed by atoms with E-state index in [0.29, 0.717) is 17.5 Å². The van der Waals surface area contributed by atoms with E-state index in [1.165, 1.54) is 0 Å². The first-order valence-corrected chi connectivity index (χ1v) is 12.1. The molecular formula is C32H24O4. The molecule has 0 aliphatic heterocycles. The van der Waals surface area contributed by atoms with Crippen LogP contribution in [-0.2, 0) is 15.9 Å². The standard InChI is InChI=1S/C32H24O4/c33-31(22-9-3-1-4-10-22)35-28-18-17-21-15-16-26-19-24-13-7-8-14-25(24)20-27(26)29(21)30(28)36-32(34)23-11-5-2-6-12-23/h1-16,19-20,28,30H,17-18H2/t28-,30-/m0/s1. The summed E-state index contributed by atoms with van der Waals surface area (Å²) in [5, 5.41) is 4.32. The van der Waals surface area contributed by atoms with E-state index in [1.54, 1.807) is 48.5 Å². The van der Waals surface area contributed by atoms with Gasteiger partial charge in [-0.3, -0.25) is 0 Å². The molecule has 4 nitrogen and oxygen atoms in total. The van der Waals surface area contributed by atoms with Crippen molar-refractivity contribution in [3.05, 3.63) is 131 Å². The van der Waals surface area contributed by atoms with E-state index >= 15 is 0 Å². The van der Waals surface area contributed by atoms with E-state index < -0.39 is 24.1 Å². The Morgan fingerprint density at radius 3 is 1.86 bits per heavy atom. The van der Waals surface area contributed by atoms with Gasteiger partial charge in [0.1, 0.15) is 6.10 Å². The number of rotatable bonds is 4. The molecule has 0 N–H and O–H groups in total. The van der Waals surface area contributed by atoms with Gasteiger partial charge in [-0.25, -0.2) is 9.59 Å². The molecule has 0 saturated carbocycles. The number of esters is 2. The number of carbonyl (C=O) groups is 2. The van der Waals surface area contributed by atoms with Crippen molar-refractivity contribution < 1.29 is 19.1 Å². The average Bonchev–Trinajstić information content (AvgIpc) is 2.93. The summed E-state index contributed by atoms with van der Waals surface area (Å²) >= 11 is 0. The minimum Gasteiger partial charge on any atom is -0.454 e. The van der Waals surface area contributed by atoms with Crippen LogP contribution in [0.25, 0.3) is 21.5 Å². The van der Waals surface area contributed by atoms with Crippen LogP contribution in [-0.4, -0.2) is 18.0 Å². The van der Waals surface area contributed by atoms with E-state index in [4.69, 9.17) is 9.47 Å². The first kappa shape index (κ1) is 22.1. The maximum atomic E-state index is 13.2. The van der Waals surface area contributed by atoms with Gasteiger partial charge in [-0.2, -0.15) is 0 Å². The molecule has 0 saturated heterocycles. The predicted octanol–water partition coefficient (Wildman–Crippen LogP) is 7.06. The molecule has 5 aromatic carbocycles. The number of aryl methyl sites for hydroxylation is 1. The summed E-state index contributed by atoms with van der Waals surface area (Å²) < 4.78 is 12.2. The molecule has 2 atom stereocenters. The summed E-state index contributed by atoms with van der Waals surface area (Å²) in [5.74, 6) is -0.859. The van der Waals surface area contributed by atoms with Crippen molar-refractivity contribution in [2.45, 2.75) is 25.0 Å². The van der Waals surface area contributed by atoms with Gasteiger partial charge in [0.25, 0.3) is 0 Å². The van der Waals surface area contributed by atoms with Crippen LogP contribution in [0.1, 0.15) is 44.4 Å². The Labute approximate surface area is 209 Å². The van der Waals surface area contributed by atoms with Gasteiger partial charge < -0.3 is 9.47 Å². The molecule has 0 heterocycles. The zero-order valence-corrected chi connectivity index (χ0v) is 19.6. The quantitative estimate of drug-likeness (QED) is 0.207. The molecule has 0 unspecified atom stereocenters. The van der Waals surface area contributed by atoms with Crippen LogP contribution in [0.2, 0.25) is 0 Å². The second-order valence-electron chi connectivity index (χ2n) is 9.10. The summed E-state index contributed by atoms with van der Waals surface area (Å²) in [7, 11) is 0. The van der Waals surface area contributed by atoms with Gasteiger partial charge in [0.05, 0.1) is 11.1 Å². The summed E-state index contributed by atoms with van der Waals surface area (Å²) in [4.78, 5) is 26.2. The van der Waals surface area contributed by atoms with Crippen LogP contribution in [0, 0.1) is 0 Å². The first-order valence-electron chi connectivity index (χ1n) is 12.1. The molecule has 0 spiro atoms. The fourth-order valence-electron chi connectivity index (χ4n) is 5.06. The zero-order valence-electron chi connectivity index (χ0n) is 19.6. The largest absolute Gasteiger partial charge is 0.454 e. The number of ether oxygens (including phenoxy) is 2. The van der Waals surface area contributed by atoms with Crippen molar-refractivity contribution in [2.24, 2.45) is 0 Å². The van der Waals surface area contributed by atoms with Crippen LogP contribution in [0.15, 0.2) is 109 Å². The lowest BCUT2D eigenvalue weighted by Gasteiger charge is -2.34. The second kappa shape index (κ2) is 9.31. The zero-order chi connectivity index (χ0) is 24.5. The third-order valence-electron chi connectivity index (χ3n) is 6.85. The summed E-state index contributed by atoms with van der Waals surface area (Å²) in [6.07, 6.45) is -0.0318. The molecule has 0 fully saturated rings. The Bertz CT molecular complexity index is 1570. The van der Waals surface area contributed by atoms with Crippen LogP contribution >= 0.6 is 0 Å². The summed E-state index contributed by atoms with van der Waals surface area (Å²) in [6.45, 7) is 0. The molecular weight excluding hydrogens is 448 g/mol. The van der Waals surface area contributed by atoms with Crippen molar-refractivity contribution in [1.82, 2.24) is 0 Å². The maximum Gasteiger partial charge on any atom is 0.338 e. The lowest BCUT2D eigenvalue weighted by Crippen LogP contribution is -2.33. The summed E-state index contributed by atoms with van der Waals surface area (Å²) in [6, 6.07) is 34.6. The Morgan fingerprint density at radius 1 is 0.611 bits per heavy atom. The predicted molar refractivity (Wildman–Crippen MR) is 140 cm³/mol. The molecule has 176 valence electrons. The third-order valence-corrected chi connectivity index (χ3v) is 6.85. The fourth-order valence-corrected chi connectivity index (χ4v) is 5.06. The van der Waals surface area contributed by atoms with Crippen molar-refractivity contribution >= 4 is 33.5 Å². The van der Waals surface area contributed by atoms with Crippen LogP contribution in [0.4, 0.5) is 0 Å². The Balaban J connectivity index is 1.46. The van der Waals surface area contributed by atoms with Crippen molar-refractivity contribution in [3.63, 3.8) is 0 Å². The Kier molecular flexibility index (Phi) is 5.70. The smallest absolute Gasteiger partial charge is 0.338 e. The van der Waals surface area contributed by atoms with Gasteiger partial charge >= 0.3 is 11.9 Å². The normalized spacial score (nSPS) is 16.9. The molecule has 0 amide bonds. The SMILES string of the molecule is O=C(O[C@H]1CCc2ccc3cc4ccccc4cc3c2[C@H]1OC(=O)c1ccccc1)c1ccccc1. The maximum absolute atomic E-state index is 13.2. The van der Waals surface area contributed by atoms with E-state index in [0.717, 1.165) is 39.1 Å². The van der Waals surface area contributed by atoms with E-state index in [2.05, 4.69) is 36.4 Å². The topological polar surface area (TPSA) is 52.6 Å². The number of hydrogen-bond acceptors (Lipinski definition) is 4. The van der Waals surface area contributed by atoms with E-state index in [-0.39, 0.29) is 0 Å². The number of hydrogen-bond donors (Lipinski definition) is 0. The molecule has 5 aromatic rings. The lowest BCUT2D eigenvalue weighted by atomic mass is 9.83. The Hall–Kier alpha value is -4.44. The highest BCUT2D eigenvalue weighted by atomic mass is 16.6. The minimum atomic E-state index is -0.723. The molecule has 1 aliphatic carbocycles. The van der Waals surface area contributed by atoms with Crippen LogP contribution in [0.5, 0.6) is 0 Å². The first-order chi connectivity index (χ1) is 17.7. The highest BCUT2D eigenvalue weighted by molar-refractivity contribution is 6.00. The van der Waals surface area contributed by atoms with Gasteiger partial charge in [0, 0.05) is 5.56 Å². The monoisotopic (exact) mass is 472 g/mol. The lowest BCUT2D eigenvalue weighted by molar-refractivity contribution is -0.0432. The van der Waals surface area contributed by atoms with Gasteiger partial charge in [0.2, 0.25) is 0 Å². The highest BCUT2D eigenvalue weighted by Gasteiger charge is 2.37. The average molecular weight is 473 g/mol. The molecule has 6 rings (SSSR count). The Morgan fingerprint density at radius 2 is 1.19 bits per heavy atom. The van der Waals surface area contributed by atoms with Gasteiger partial charge in [-0.1, -0.05) is 72.8 Å². The van der Waals surface area contributed by atoms with Crippen molar-refractivity contribution in [3.8, 4) is 0 Å². The van der Waals surface area contributed by atoms with Crippen LogP contribution in [0.3, 0.4) is 0 Å². The van der Waals surface area contributed by atoms with Crippen molar-refractivity contribution in [2.75, 3.05) is 0 Å². The molecule has 0 bridgehead atoms. The third kappa shape index (κ3) is 4.11. The minimum absolute atomic E-state index is 0.421. The number of benzene rings is 5.